The average Bonchev–Trinajstić information content (AvgIpc) is 2.46. The van der Waals surface area contributed by atoms with Crippen LogP contribution in [0.4, 0.5) is 0 Å². The predicted octanol–water partition coefficient (Wildman–Crippen LogP) is 3.91. The molecular formula is C15H10Cl2N2O2. The maximum absolute atomic E-state index is 12.1. The molecule has 0 aliphatic rings. The molecule has 3 rings (SSSR count). The molecule has 0 spiro atoms. The summed E-state index contributed by atoms with van der Waals surface area (Å²) in [4.78, 5) is 19.3. The van der Waals surface area contributed by atoms with Gasteiger partial charge in [0.25, 0.3) is 5.56 Å². The molecule has 1 heterocycles. The van der Waals surface area contributed by atoms with Gasteiger partial charge in [-0.2, -0.15) is 0 Å². The second-order valence-corrected chi connectivity index (χ2v) is 5.24. The fourth-order valence-corrected chi connectivity index (χ4v) is 2.71. The molecule has 3 aromatic rings. The van der Waals surface area contributed by atoms with Gasteiger partial charge in [0.15, 0.2) is 0 Å². The molecule has 0 unspecified atom stereocenters. The first-order valence-corrected chi connectivity index (χ1v) is 6.88. The fraction of sp³-hybridized carbons (Fsp3) is 0.0667. The smallest absolute Gasteiger partial charge is 0.259 e. The maximum atomic E-state index is 12.1. The van der Waals surface area contributed by atoms with E-state index in [-0.39, 0.29) is 5.56 Å². The Hall–Kier alpha value is -2.04. The first-order chi connectivity index (χ1) is 10.1. The van der Waals surface area contributed by atoms with Gasteiger partial charge in [0.2, 0.25) is 0 Å². The Kier molecular flexibility index (Phi) is 3.57. The molecule has 0 saturated carbocycles. The van der Waals surface area contributed by atoms with Crippen molar-refractivity contribution in [1.82, 2.24) is 9.97 Å². The van der Waals surface area contributed by atoms with Crippen LogP contribution in [0.2, 0.25) is 10.0 Å². The van der Waals surface area contributed by atoms with Gasteiger partial charge in [0.05, 0.1) is 28.6 Å². The van der Waals surface area contributed by atoms with Gasteiger partial charge in [-0.05, 0) is 24.3 Å². The number of rotatable bonds is 2. The Balaban J connectivity index is 2.33. The van der Waals surface area contributed by atoms with Crippen molar-refractivity contribution in [2.24, 2.45) is 0 Å². The molecule has 21 heavy (non-hydrogen) atoms. The van der Waals surface area contributed by atoms with Gasteiger partial charge >= 0.3 is 0 Å². The molecule has 0 fully saturated rings. The normalized spacial score (nSPS) is 10.8. The van der Waals surface area contributed by atoms with E-state index in [0.717, 1.165) is 0 Å². The van der Waals surface area contributed by atoms with Crippen LogP contribution in [0.5, 0.6) is 5.75 Å². The highest BCUT2D eigenvalue weighted by atomic mass is 35.5. The summed E-state index contributed by atoms with van der Waals surface area (Å²) in [5.74, 6) is 0.795. The van der Waals surface area contributed by atoms with Gasteiger partial charge in [-0.1, -0.05) is 35.3 Å². The summed E-state index contributed by atoms with van der Waals surface area (Å²) < 4.78 is 5.28. The summed E-state index contributed by atoms with van der Waals surface area (Å²) in [5, 5.41) is 1.33. The zero-order valence-electron chi connectivity index (χ0n) is 11.0. The molecule has 1 aromatic heterocycles. The average molecular weight is 321 g/mol. The third-order valence-corrected chi connectivity index (χ3v) is 3.60. The number of nitrogens with zero attached hydrogens (tertiary/aromatic N) is 1. The molecule has 1 N–H and O–H groups in total. The van der Waals surface area contributed by atoms with Crippen molar-refractivity contribution in [3.8, 4) is 17.1 Å². The van der Waals surface area contributed by atoms with Gasteiger partial charge in [-0.15, -0.1) is 0 Å². The number of hydrogen-bond acceptors (Lipinski definition) is 3. The number of aromatic nitrogens is 2. The molecule has 0 atom stereocenters. The quantitative estimate of drug-likeness (QED) is 0.779. The summed E-state index contributed by atoms with van der Waals surface area (Å²) in [7, 11) is 1.50. The Morgan fingerprint density at radius 3 is 2.71 bits per heavy atom. The lowest BCUT2D eigenvalue weighted by atomic mass is 10.1. The summed E-state index contributed by atoms with van der Waals surface area (Å²) >= 11 is 12.2. The van der Waals surface area contributed by atoms with E-state index in [2.05, 4.69) is 9.97 Å². The van der Waals surface area contributed by atoms with Crippen molar-refractivity contribution < 1.29 is 4.74 Å². The zero-order chi connectivity index (χ0) is 15.0. The molecule has 106 valence electrons. The van der Waals surface area contributed by atoms with Crippen molar-refractivity contribution in [2.45, 2.75) is 0 Å². The van der Waals surface area contributed by atoms with Crippen LogP contribution in [-0.4, -0.2) is 17.1 Å². The Labute approximate surface area is 130 Å². The number of fused-ring (bicyclic) bond motifs is 1. The number of methoxy groups -OCH3 is 1. The molecule has 2 aromatic carbocycles. The van der Waals surface area contributed by atoms with Gasteiger partial charge in [0, 0.05) is 5.02 Å². The molecule has 0 amide bonds. The molecule has 0 aliphatic heterocycles. The second-order valence-electron chi connectivity index (χ2n) is 4.40. The second kappa shape index (κ2) is 5.39. The molecule has 4 nitrogen and oxygen atoms in total. The monoisotopic (exact) mass is 320 g/mol. The number of halogens is 2. The van der Waals surface area contributed by atoms with Crippen LogP contribution >= 0.6 is 23.2 Å². The third kappa shape index (κ3) is 2.48. The van der Waals surface area contributed by atoms with E-state index in [9.17, 15) is 4.79 Å². The number of H-pyrrole nitrogens is 1. The van der Waals surface area contributed by atoms with Crippen LogP contribution < -0.4 is 10.3 Å². The van der Waals surface area contributed by atoms with E-state index in [1.54, 1.807) is 30.3 Å². The SMILES string of the molecule is COc1cc(Cl)cc(Cl)c1-c1nc2ccccc2c(=O)[nH]1. The minimum Gasteiger partial charge on any atom is -0.496 e. The van der Waals surface area contributed by atoms with Crippen molar-refractivity contribution in [3.05, 3.63) is 56.8 Å². The lowest BCUT2D eigenvalue weighted by molar-refractivity contribution is 0.416. The van der Waals surface area contributed by atoms with Gasteiger partial charge < -0.3 is 9.72 Å². The van der Waals surface area contributed by atoms with Crippen molar-refractivity contribution >= 4 is 34.1 Å². The standard InChI is InChI=1S/C15H10Cl2N2O2/c1-21-12-7-8(16)6-10(17)13(12)14-18-11-5-3-2-4-9(11)15(20)19-14/h2-7H,1H3,(H,18,19,20). The molecule has 0 radical (unpaired) electrons. The van der Waals surface area contributed by atoms with Crippen LogP contribution in [0.3, 0.4) is 0 Å². The summed E-state index contributed by atoms with van der Waals surface area (Å²) in [6, 6.07) is 10.3. The largest absolute Gasteiger partial charge is 0.496 e. The maximum Gasteiger partial charge on any atom is 0.259 e. The van der Waals surface area contributed by atoms with Gasteiger partial charge in [-0.25, -0.2) is 4.98 Å². The number of aromatic amines is 1. The predicted molar refractivity (Wildman–Crippen MR) is 84.4 cm³/mol. The topological polar surface area (TPSA) is 55.0 Å². The van der Waals surface area contributed by atoms with Crippen molar-refractivity contribution in [1.29, 1.82) is 0 Å². The van der Waals surface area contributed by atoms with Crippen LogP contribution in [0.1, 0.15) is 0 Å². The molecule has 6 heteroatoms. The summed E-state index contributed by atoms with van der Waals surface area (Å²) in [6.45, 7) is 0. The number of ether oxygens (including phenoxy) is 1. The van der Waals surface area contributed by atoms with Crippen LogP contribution in [0.25, 0.3) is 22.3 Å². The van der Waals surface area contributed by atoms with Crippen molar-refractivity contribution in [3.63, 3.8) is 0 Å². The first-order valence-electron chi connectivity index (χ1n) is 6.12. The summed E-state index contributed by atoms with van der Waals surface area (Å²) in [6.07, 6.45) is 0. The Morgan fingerprint density at radius 1 is 1.19 bits per heavy atom. The minimum atomic E-state index is -0.233. The van der Waals surface area contributed by atoms with Crippen molar-refractivity contribution in [2.75, 3.05) is 7.11 Å². The molecule has 0 bridgehead atoms. The van der Waals surface area contributed by atoms with E-state index in [0.29, 0.717) is 38.1 Å². The van der Waals surface area contributed by atoms with E-state index in [1.165, 1.54) is 7.11 Å². The highest BCUT2D eigenvalue weighted by molar-refractivity contribution is 6.36. The highest BCUT2D eigenvalue weighted by Gasteiger charge is 2.15. The molecule has 0 aliphatic carbocycles. The number of hydrogen-bond donors (Lipinski definition) is 1. The van der Waals surface area contributed by atoms with E-state index >= 15 is 0 Å². The Bertz CT molecular complexity index is 890. The fourth-order valence-electron chi connectivity index (χ4n) is 2.15. The third-order valence-electron chi connectivity index (χ3n) is 3.09. The van der Waals surface area contributed by atoms with Crippen LogP contribution in [0.15, 0.2) is 41.2 Å². The van der Waals surface area contributed by atoms with E-state index < -0.39 is 0 Å². The summed E-state index contributed by atoms with van der Waals surface area (Å²) in [5.41, 5.74) is 0.861. The van der Waals surface area contributed by atoms with E-state index in [1.807, 2.05) is 6.07 Å². The number of para-hydroxylation sites is 1. The molecular weight excluding hydrogens is 311 g/mol. The number of nitrogens with one attached hydrogen (secondary N) is 1. The Morgan fingerprint density at radius 2 is 1.95 bits per heavy atom. The zero-order valence-corrected chi connectivity index (χ0v) is 12.5. The molecule has 0 saturated heterocycles. The minimum absolute atomic E-state index is 0.233. The highest BCUT2D eigenvalue weighted by Crippen LogP contribution is 2.37. The number of benzene rings is 2. The van der Waals surface area contributed by atoms with Gasteiger partial charge in [-0.3, -0.25) is 4.79 Å². The van der Waals surface area contributed by atoms with Crippen LogP contribution in [-0.2, 0) is 0 Å². The van der Waals surface area contributed by atoms with E-state index in [4.69, 9.17) is 27.9 Å². The first kappa shape index (κ1) is 13.9. The lowest BCUT2D eigenvalue weighted by Crippen LogP contribution is -2.10. The van der Waals surface area contributed by atoms with Gasteiger partial charge in [0.1, 0.15) is 11.6 Å². The van der Waals surface area contributed by atoms with Crippen LogP contribution in [0, 0.1) is 0 Å². The lowest BCUT2D eigenvalue weighted by Gasteiger charge is -2.11.